The Morgan fingerprint density at radius 3 is 2.00 bits per heavy atom. The Balaban J connectivity index is 1.68. The lowest BCUT2D eigenvalue weighted by Gasteiger charge is -2.06. The molecular formula is C22H13ClN2. The Morgan fingerprint density at radius 2 is 1.32 bits per heavy atom. The zero-order valence-corrected chi connectivity index (χ0v) is 14.0. The van der Waals surface area contributed by atoms with Gasteiger partial charge in [0.1, 0.15) is 0 Å². The van der Waals surface area contributed by atoms with E-state index >= 15 is 0 Å². The molecule has 1 heterocycles. The Bertz CT molecular complexity index is 1090. The fraction of sp³-hybridized carbons (Fsp3) is 0. The van der Waals surface area contributed by atoms with Crippen molar-refractivity contribution in [1.82, 2.24) is 4.98 Å². The number of rotatable bonds is 2. The van der Waals surface area contributed by atoms with E-state index in [0.29, 0.717) is 10.6 Å². The highest BCUT2D eigenvalue weighted by Crippen LogP contribution is 2.26. The highest BCUT2D eigenvalue weighted by molar-refractivity contribution is 6.31. The van der Waals surface area contributed by atoms with Gasteiger partial charge in [0.2, 0.25) is 0 Å². The van der Waals surface area contributed by atoms with E-state index in [9.17, 15) is 0 Å². The van der Waals surface area contributed by atoms with E-state index in [1.165, 1.54) is 0 Å². The summed E-state index contributed by atoms with van der Waals surface area (Å²) in [5.74, 6) is 0. The highest BCUT2D eigenvalue weighted by Gasteiger charge is 2.04. The average molecular weight is 341 g/mol. The number of nitriles is 1. The number of halogens is 1. The molecule has 0 radical (unpaired) electrons. The van der Waals surface area contributed by atoms with Crippen molar-refractivity contribution in [2.75, 3.05) is 0 Å². The predicted octanol–water partition coefficient (Wildman–Crippen LogP) is 6.09. The van der Waals surface area contributed by atoms with Crippen LogP contribution in [0, 0.1) is 11.3 Å². The van der Waals surface area contributed by atoms with Gasteiger partial charge in [0, 0.05) is 16.0 Å². The third-order valence-corrected chi connectivity index (χ3v) is 4.42. The van der Waals surface area contributed by atoms with Crippen LogP contribution in [0.2, 0.25) is 5.02 Å². The zero-order valence-electron chi connectivity index (χ0n) is 13.3. The minimum Gasteiger partial charge on any atom is -0.248 e. The molecule has 0 saturated heterocycles. The lowest BCUT2D eigenvalue weighted by Crippen LogP contribution is -1.86. The minimum absolute atomic E-state index is 0.666. The second-order valence-corrected chi connectivity index (χ2v) is 6.24. The Kier molecular flexibility index (Phi) is 3.93. The van der Waals surface area contributed by atoms with E-state index in [1.807, 2.05) is 48.5 Å². The molecule has 25 heavy (non-hydrogen) atoms. The number of hydrogen-bond donors (Lipinski definition) is 0. The van der Waals surface area contributed by atoms with Crippen molar-refractivity contribution >= 4 is 22.5 Å². The molecule has 0 saturated carbocycles. The lowest BCUT2D eigenvalue weighted by atomic mass is 10.0. The fourth-order valence-corrected chi connectivity index (χ4v) is 2.99. The number of fused-ring (bicyclic) bond motifs is 1. The van der Waals surface area contributed by atoms with E-state index < -0.39 is 0 Å². The summed E-state index contributed by atoms with van der Waals surface area (Å²) in [5.41, 5.74) is 5.72. The second kappa shape index (κ2) is 6.39. The van der Waals surface area contributed by atoms with Gasteiger partial charge in [0.15, 0.2) is 0 Å². The first-order valence-corrected chi connectivity index (χ1v) is 8.28. The molecule has 0 aliphatic carbocycles. The number of benzene rings is 3. The first-order chi connectivity index (χ1) is 12.2. The summed E-state index contributed by atoms with van der Waals surface area (Å²) in [7, 11) is 0. The summed E-state index contributed by atoms with van der Waals surface area (Å²) >= 11 is 6.07. The van der Waals surface area contributed by atoms with Crippen molar-refractivity contribution in [3.05, 3.63) is 89.4 Å². The van der Waals surface area contributed by atoms with E-state index in [-0.39, 0.29) is 0 Å². The van der Waals surface area contributed by atoms with Crippen LogP contribution in [0.15, 0.2) is 78.9 Å². The second-order valence-electron chi connectivity index (χ2n) is 5.80. The molecular weight excluding hydrogens is 328 g/mol. The SMILES string of the molecule is N#Cc1ccc(-c2ccc(-c3ccc4ccc(Cl)cc4n3)cc2)cc1. The Hall–Kier alpha value is -3.15. The van der Waals surface area contributed by atoms with Gasteiger partial charge in [-0.15, -0.1) is 0 Å². The van der Waals surface area contributed by atoms with E-state index in [0.717, 1.165) is 33.3 Å². The largest absolute Gasteiger partial charge is 0.248 e. The monoisotopic (exact) mass is 340 g/mol. The van der Waals surface area contributed by atoms with Gasteiger partial charge >= 0.3 is 0 Å². The van der Waals surface area contributed by atoms with Crippen LogP contribution in [0.1, 0.15) is 5.56 Å². The first kappa shape index (κ1) is 15.4. The molecule has 3 heteroatoms. The molecule has 1 aromatic heterocycles. The molecule has 0 unspecified atom stereocenters. The first-order valence-electron chi connectivity index (χ1n) is 7.90. The van der Waals surface area contributed by atoms with Gasteiger partial charge in [-0.25, -0.2) is 4.98 Å². The molecule has 4 aromatic rings. The summed E-state index contributed by atoms with van der Waals surface area (Å²) in [6.45, 7) is 0. The van der Waals surface area contributed by atoms with Crippen LogP contribution in [-0.4, -0.2) is 4.98 Å². The predicted molar refractivity (Wildman–Crippen MR) is 102 cm³/mol. The molecule has 3 aromatic carbocycles. The van der Waals surface area contributed by atoms with Crippen LogP contribution in [-0.2, 0) is 0 Å². The third-order valence-electron chi connectivity index (χ3n) is 4.18. The van der Waals surface area contributed by atoms with Gasteiger partial charge in [-0.3, -0.25) is 0 Å². The molecule has 0 amide bonds. The maximum atomic E-state index is 8.89. The van der Waals surface area contributed by atoms with Gasteiger partial charge in [0.25, 0.3) is 0 Å². The van der Waals surface area contributed by atoms with Crippen LogP contribution in [0.25, 0.3) is 33.3 Å². The summed E-state index contributed by atoms with van der Waals surface area (Å²) in [6.07, 6.45) is 0. The molecule has 4 rings (SSSR count). The normalized spacial score (nSPS) is 10.6. The molecule has 118 valence electrons. The summed E-state index contributed by atoms with van der Waals surface area (Å²) in [5, 5.41) is 10.6. The van der Waals surface area contributed by atoms with Crippen molar-refractivity contribution in [3.63, 3.8) is 0 Å². The average Bonchev–Trinajstić information content (AvgIpc) is 2.67. The van der Waals surface area contributed by atoms with E-state index in [4.69, 9.17) is 21.8 Å². The van der Waals surface area contributed by atoms with E-state index in [1.54, 1.807) is 0 Å². The quantitative estimate of drug-likeness (QED) is 0.442. The fourth-order valence-electron chi connectivity index (χ4n) is 2.82. The topological polar surface area (TPSA) is 36.7 Å². The van der Waals surface area contributed by atoms with Crippen molar-refractivity contribution in [1.29, 1.82) is 5.26 Å². The molecule has 0 N–H and O–H groups in total. The number of nitrogens with zero attached hydrogens (tertiary/aromatic N) is 2. The Labute approximate surface area is 151 Å². The van der Waals surface area contributed by atoms with Crippen LogP contribution in [0.3, 0.4) is 0 Å². The summed E-state index contributed by atoms with van der Waals surface area (Å²) < 4.78 is 0. The number of aromatic nitrogens is 1. The smallest absolute Gasteiger partial charge is 0.0991 e. The van der Waals surface area contributed by atoms with Crippen LogP contribution in [0.5, 0.6) is 0 Å². The molecule has 0 aliphatic heterocycles. The molecule has 0 atom stereocenters. The highest BCUT2D eigenvalue weighted by atomic mass is 35.5. The zero-order chi connectivity index (χ0) is 17.2. The van der Waals surface area contributed by atoms with Crippen molar-refractivity contribution in [2.24, 2.45) is 0 Å². The molecule has 0 fully saturated rings. The van der Waals surface area contributed by atoms with Crippen LogP contribution in [0.4, 0.5) is 0 Å². The van der Waals surface area contributed by atoms with E-state index in [2.05, 4.69) is 36.4 Å². The number of hydrogen-bond acceptors (Lipinski definition) is 2. The standard InChI is InChI=1S/C22H13ClN2/c23-20-11-9-19-10-12-21(25-22(19)13-20)18-7-5-17(6-8-18)16-3-1-15(14-24)2-4-16/h1-13H. The molecule has 0 spiro atoms. The van der Waals surface area contributed by atoms with Crippen molar-refractivity contribution in [3.8, 4) is 28.5 Å². The van der Waals surface area contributed by atoms with Crippen LogP contribution >= 0.6 is 11.6 Å². The molecule has 0 bridgehead atoms. The molecule has 0 aliphatic rings. The lowest BCUT2D eigenvalue weighted by molar-refractivity contribution is 1.40. The Morgan fingerprint density at radius 1 is 0.720 bits per heavy atom. The maximum absolute atomic E-state index is 8.89. The van der Waals surface area contributed by atoms with Gasteiger partial charge < -0.3 is 0 Å². The summed E-state index contributed by atoms with van der Waals surface area (Å²) in [4.78, 5) is 4.71. The third kappa shape index (κ3) is 3.10. The minimum atomic E-state index is 0.666. The maximum Gasteiger partial charge on any atom is 0.0991 e. The van der Waals surface area contributed by atoms with Gasteiger partial charge in [-0.05, 0) is 41.5 Å². The van der Waals surface area contributed by atoms with Gasteiger partial charge in [0.05, 0.1) is 22.8 Å². The van der Waals surface area contributed by atoms with Crippen molar-refractivity contribution in [2.45, 2.75) is 0 Å². The van der Waals surface area contributed by atoms with Gasteiger partial charge in [-0.2, -0.15) is 5.26 Å². The molecule has 2 nitrogen and oxygen atoms in total. The number of pyridine rings is 1. The summed E-state index contributed by atoms with van der Waals surface area (Å²) in [6, 6.07) is 27.8. The van der Waals surface area contributed by atoms with Crippen LogP contribution < -0.4 is 0 Å². The van der Waals surface area contributed by atoms with Gasteiger partial charge in [-0.1, -0.05) is 60.1 Å². The van der Waals surface area contributed by atoms with Crippen molar-refractivity contribution < 1.29 is 0 Å².